The number of likely N-dealkylation sites (N-methyl/N-ethyl adjacent to an activating group) is 1. The van der Waals surface area contributed by atoms with E-state index in [1.807, 2.05) is 44.3 Å². The van der Waals surface area contributed by atoms with Crippen LogP contribution in [0.3, 0.4) is 0 Å². The normalized spacial score (nSPS) is 19.3. The molecule has 2 aliphatic carbocycles. The number of hydrogen-bond acceptors (Lipinski definition) is 6. The molecule has 4 aromatic rings. The Kier molecular flexibility index (Phi) is 6.55. The predicted molar refractivity (Wildman–Crippen MR) is 152 cm³/mol. The van der Waals surface area contributed by atoms with Gasteiger partial charge in [0.05, 0.1) is 24.4 Å². The first-order valence-electron chi connectivity index (χ1n) is 13.4. The van der Waals surface area contributed by atoms with Gasteiger partial charge in [-0.25, -0.2) is 0 Å². The number of aromatic nitrogens is 2. The van der Waals surface area contributed by atoms with E-state index in [0.29, 0.717) is 29.9 Å². The van der Waals surface area contributed by atoms with Crippen LogP contribution in [-0.2, 0) is 6.42 Å². The molecule has 0 bridgehead atoms. The lowest BCUT2D eigenvalue weighted by Crippen LogP contribution is -2.34. The third-order valence-corrected chi connectivity index (χ3v) is 8.12. The van der Waals surface area contributed by atoms with Crippen molar-refractivity contribution >= 4 is 11.8 Å². The number of aromatic amines is 1. The number of benzene rings is 1. The van der Waals surface area contributed by atoms with Crippen molar-refractivity contribution in [3.05, 3.63) is 83.7 Å². The largest absolute Gasteiger partial charge is 0.490 e. The molecule has 1 fully saturated rings. The van der Waals surface area contributed by atoms with Gasteiger partial charge in [0.2, 0.25) is 0 Å². The van der Waals surface area contributed by atoms with E-state index < -0.39 is 0 Å². The molecule has 2 aliphatic rings. The maximum absolute atomic E-state index is 6.31. The quantitative estimate of drug-likeness (QED) is 0.216. The average molecular weight is 510 g/mol. The van der Waals surface area contributed by atoms with Crippen LogP contribution >= 0.6 is 0 Å². The Morgan fingerprint density at radius 3 is 2.84 bits per heavy atom. The molecule has 3 unspecified atom stereocenters. The van der Waals surface area contributed by atoms with Gasteiger partial charge in [0, 0.05) is 46.7 Å². The summed E-state index contributed by atoms with van der Waals surface area (Å²) in [5, 5.41) is 3.43. The highest BCUT2D eigenvalue weighted by molar-refractivity contribution is 5.82. The minimum absolute atomic E-state index is 0.153. The second-order valence-electron chi connectivity index (χ2n) is 10.6. The summed E-state index contributed by atoms with van der Waals surface area (Å²) in [6.45, 7) is 2.45. The van der Waals surface area contributed by atoms with Crippen molar-refractivity contribution in [1.29, 1.82) is 0 Å². The van der Waals surface area contributed by atoms with Crippen LogP contribution in [0.1, 0.15) is 54.1 Å². The second-order valence-corrected chi connectivity index (χ2v) is 10.6. The molecule has 1 aromatic carbocycles. The van der Waals surface area contributed by atoms with E-state index >= 15 is 0 Å². The van der Waals surface area contributed by atoms with E-state index in [1.54, 1.807) is 18.7 Å². The SMILES string of the molecule is CN[C@H](COc1cnc(-c2ccoc2)c(-c2ccc(N)c(C(C)N)c2)c1)Cc1c[nH]c2c1C=CC1CCC21. The fourth-order valence-electron chi connectivity index (χ4n) is 5.72. The molecule has 0 amide bonds. The number of nitrogens with two attached hydrogens (primary N) is 2. The van der Waals surface area contributed by atoms with Crippen molar-refractivity contribution in [3.8, 4) is 28.1 Å². The topological polar surface area (TPSA) is 115 Å². The molecule has 7 nitrogen and oxygen atoms in total. The Morgan fingerprint density at radius 1 is 1.21 bits per heavy atom. The molecule has 0 spiro atoms. The van der Waals surface area contributed by atoms with Crippen molar-refractivity contribution in [2.75, 3.05) is 19.4 Å². The number of allylic oxidation sites excluding steroid dienone is 1. The second kappa shape index (κ2) is 10.2. The van der Waals surface area contributed by atoms with Gasteiger partial charge in [0.15, 0.2) is 0 Å². The Labute approximate surface area is 223 Å². The third kappa shape index (κ3) is 4.52. The number of fused-ring (bicyclic) bond motifs is 3. The predicted octanol–water partition coefficient (Wildman–Crippen LogP) is 5.67. The molecule has 3 aromatic heterocycles. The first-order valence-corrected chi connectivity index (χ1v) is 13.4. The summed E-state index contributed by atoms with van der Waals surface area (Å²) in [7, 11) is 1.99. The number of anilines is 1. The third-order valence-electron chi connectivity index (χ3n) is 8.12. The molecule has 6 N–H and O–H groups in total. The zero-order valence-corrected chi connectivity index (χ0v) is 21.9. The number of hydrogen-bond donors (Lipinski definition) is 4. The van der Waals surface area contributed by atoms with Crippen LogP contribution in [0.15, 0.2) is 65.7 Å². The number of nitrogen functional groups attached to an aromatic ring is 1. The lowest BCUT2D eigenvalue weighted by molar-refractivity contribution is 0.269. The van der Waals surface area contributed by atoms with Crippen LogP contribution in [0.25, 0.3) is 28.5 Å². The number of H-pyrrole nitrogens is 1. The molecule has 7 heteroatoms. The highest BCUT2D eigenvalue weighted by atomic mass is 16.5. The first kappa shape index (κ1) is 24.5. The van der Waals surface area contributed by atoms with E-state index in [2.05, 4.69) is 28.6 Å². The van der Waals surface area contributed by atoms with Gasteiger partial charge in [-0.1, -0.05) is 18.2 Å². The summed E-state index contributed by atoms with van der Waals surface area (Å²) < 4.78 is 11.7. The van der Waals surface area contributed by atoms with E-state index in [1.165, 1.54) is 29.7 Å². The van der Waals surface area contributed by atoms with Gasteiger partial charge < -0.3 is 30.9 Å². The molecule has 0 radical (unpaired) electrons. The van der Waals surface area contributed by atoms with Crippen molar-refractivity contribution < 1.29 is 9.15 Å². The van der Waals surface area contributed by atoms with Gasteiger partial charge in [-0.3, -0.25) is 4.98 Å². The average Bonchev–Trinajstić information content (AvgIpc) is 3.57. The molecule has 3 heterocycles. The summed E-state index contributed by atoms with van der Waals surface area (Å²) >= 11 is 0. The maximum atomic E-state index is 6.31. The molecule has 38 heavy (non-hydrogen) atoms. The van der Waals surface area contributed by atoms with Crippen LogP contribution in [0.4, 0.5) is 5.69 Å². The summed E-state index contributed by atoms with van der Waals surface area (Å²) in [6, 6.07) is 9.85. The molecule has 1 saturated carbocycles. The first-order chi connectivity index (χ1) is 18.5. The Hall–Kier alpha value is -3.81. The maximum Gasteiger partial charge on any atom is 0.138 e. The number of furan rings is 1. The van der Waals surface area contributed by atoms with E-state index in [4.69, 9.17) is 25.6 Å². The Balaban J connectivity index is 1.24. The van der Waals surface area contributed by atoms with Crippen LogP contribution in [0.2, 0.25) is 0 Å². The fraction of sp³-hybridized carbons (Fsp3) is 0.323. The molecule has 4 atom stereocenters. The smallest absolute Gasteiger partial charge is 0.138 e. The standard InChI is InChI=1S/C31H35N5O2/c1-18(32)27-12-20(5-8-29(27)33)28-13-24(15-36-30(28)21-9-10-37-16-21)38-17-23(34-2)11-22-14-35-31-25-6-3-19(25)4-7-26(22)31/h4-5,7-10,12-16,18-19,23,25,34-35H,3,6,11,17,32-33H2,1-2H3/t18?,19?,23-,25?/m0/s1. The number of ether oxygens (including phenoxy) is 1. The molecule has 6 rings (SSSR count). The zero-order chi connectivity index (χ0) is 26.2. The summed E-state index contributed by atoms with van der Waals surface area (Å²) in [5.74, 6) is 2.09. The molecule has 196 valence electrons. The van der Waals surface area contributed by atoms with Gasteiger partial charge in [-0.05, 0) is 85.7 Å². The van der Waals surface area contributed by atoms with Crippen LogP contribution in [0.5, 0.6) is 5.75 Å². The van der Waals surface area contributed by atoms with Crippen LogP contribution < -0.4 is 21.5 Å². The summed E-state index contributed by atoms with van der Waals surface area (Å²) in [5.41, 5.74) is 21.7. The number of pyridine rings is 1. The molecular weight excluding hydrogens is 474 g/mol. The van der Waals surface area contributed by atoms with Crippen molar-refractivity contribution in [3.63, 3.8) is 0 Å². The van der Waals surface area contributed by atoms with Gasteiger partial charge in [-0.15, -0.1) is 0 Å². The highest BCUT2D eigenvalue weighted by Crippen LogP contribution is 2.48. The lowest BCUT2D eigenvalue weighted by Gasteiger charge is -2.37. The Morgan fingerprint density at radius 2 is 2.11 bits per heavy atom. The summed E-state index contributed by atoms with van der Waals surface area (Å²) in [6.07, 6.45) is 15.5. The minimum Gasteiger partial charge on any atom is -0.490 e. The van der Waals surface area contributed by atoms with Crippen molar-refractivity contribution in [2.24, 2.45) is 11.7 Å². The monoisotopic (exact) mass is 509 g/mol. The number of nitrogens with zero attached hydrogens (tertiary/aromatic N) is 1. The molecule has 0 saturated heterocycles. The number of nitrogens with one attached hydrogen (secondary N) is 2. The lowest BCUT2D eigenvalue weighted by atomic mass is 9.68. The van der Waals surface area contributed by atoms with E-state index in [-0.39, 0.29) is 12.1 Å². The van der Waals surface area contributed by atoms with Gasteiger partial charge in [0.1, 0.15) is 12.4 Å². The van der Waals surface area contributed by atoms with Gasteiger partial charge in [-0.2, -0.15) is 0 Å². The number of rotatable bonds is 9. The Bertz CT molecular complexity index is 1450. The molecule has 0 aliphatic heterocycles. The highest BCUT2D eigenvalue weighted by Gasteiger charge is 2.35. The summed E-state index contributed by atoms with van der Waals surface area (Å²) in [4.78, 5) is 8.34. The van der Waals surface area contributed by atoms with Crippen molar-refractivity contribution in [2.45, 2.75) is 44.2 Å². The van der Waals surface area contributed by atoms with Crippen LogP contribution in [0, 0.1) is 5.92 Å². The zero-order valence-electron chi connectivity index (χ0n) is 21.9. The van der Waals surface area contributed by atoms with E-state index in [0.717, 1.165) is 34.4 Å². The van der Waals surface area contributed by atoms with Gasteiger partial charge in [0.25, 0.3) is 0 Å². The van der Waals surface area contributed by atoms with Crippen LogP contribution in [-0.4, -0.2) is 29.7 Å². The van der Waals surface area contributed by atoms with Gasteiger partial charge >= 0.3 is 0 Å². The molecular formula is C31H35N5O2. The fourth-order valence-corrected chi connectivity index (χ4v) is 5.72. The minimum atomic E-state index is -0.180. The van der Waals surface area contributed by atoms with Crippen molar-refractivity contribution in [1.82, 2.24) is 15.3 Å². The van der Waals surface area contributed by atoms with E-state index in [9.17, 15) is 0 Å².